The van der Waals surface area contributed by atoms with Gasteiger partial charge in [-0.05, 0) is 82.3 Å². The molecule has 0 fully saturated rings. The molecule has 1 N–H and O–H groups in total. The van der Waals surface area contributed by atoms with E-state index in [1.54, 1.807) is 6.07 Å². The Bertz CT molecular complexity index is 2740. The SMILES string of the molecule is CC(C)(C)c1cc(-c2cc(-c3ccccc3)ccn2)cc(-c2cccc3c2nc(-c2cc4c(cc2O)oc2ccccc24)n3-c2ccccc2)c1. The fourth-order valence-electron chi connectivity index (χ4n) is 7.05. The molecular formula is C46H35N3O2. The molecule has 0 aliphatic rings. The average molecular weight is 662 g/mol. The Morgan fingerprint density at radius 2 is 1.33 bits per heavy atom. The van der Waals surface area contributed by atoms with Crippen molar-refractivity contribution in [3.05, 3.63) is 157 Å². The Morgan fingerprint density at radius 1 is 0.588 bits per heavy atom. The van der Waals surface area contributed by atoms with Crippen molar-refractivity contribution in [1.29, 1.82) is 0 Å². The summed E-state index contributed by atoms with van der Waals surface area (Å²) in [5.74, 6) is 0.759. The number of phenolic OH excluding ortho intramolecular Hbond substituents is 1. The molecule has 0 atom stereocenters. The van der Waals surface area contributed by atoms with Crippen molar-refractivity contribution < 1.29 is 9.52 Å². The highest BCUT2D eigenvalue weighted by Crippen LogP contribution is 2.42. The predicted molar refractivity (Wildman–Crippen MR) is 208 cm³/mol. The number of rotatable bonds is 5. The Hall–Kier alpha value is -6.46. The maximum atomic E-state index is 11.5. The lowest BCUT2D eigenvalue weighted by Gasteiger charge is -2.22. The number of benzene rings is 6. The smallest absolute Gasteiger partial charge is 0.149 e. The van der Waals surface area contributed by atoms with E-state index in [1.165, 1.54) is 5.56 Å². The number of phenols is 1. The molecule has 0 amide bonds. The number of para-hydroxylation sites is 3. The Balaban J connectivity index is 1.28. The Kier molecular flexibility index (Phi) is 7.11. The summed E-state index contributed by atoms with van der Waals surface area (Å²) in [6, 6.07) is 49.6. The van der Waals surface area contributed by atoms with Crippen molar-refractivity contribution in [2.24, 2.45) is 0 Å². The third-order valence-electron chi connectivity index (χ3n) is 9.71. The molecule has 3 aromatic heterocycles. The highest BCUT2D eigenvalue weighted by atomic mass is 16.3. The van der Waals surface area contributed by atoms with Gasteiger partial charge in [0.2, 0.25) is 0 Å². The number of imidazole rings is 1. The second-order valence-corrected chi connectivity index (χ2v) is 14.1. The minimum Gasteiger partial charge on any atom is -0.507 e. The highest BCUT2D eigenvalue weighted by Gasteiger charge is 2.23. The van der Waals surface area contributed by atoms with Gasteiger partial charge in [-0.3, -0.25) is 9.55 Å². The molecule has 0 saturated carbocycles. The van der Waals surface area contributed by atoms with Gasteiger partial charge in [-0.2, -0.15) is 0 Å². The standard InChI is InChI=1S/C46H35N3O2/c1-46(2,3)33-24-31(23-32(25-33)39-26-30(21-22-47-39)29-13-6-4-7-14-29)35-18-12-19-40-44(35)48-45(49(40)34-15-8-5-9-16-34)38-27-37-36-17-10-11-20-42(36)51-43(37)28-41(38)50/h4-28,50H,1-3H3. The van der Waals surface area contributed by atoms with Crippen LogP contribution in [0.4, 0.5) is 0 Å². The molecule has 246 valence electrons. The molecular weight excluding hydrogens is 627 g/mol. The highest BCUT2D eigenvalue weighted by molar-refractivity contribution is 6.07. The van der Waals surface area contributed by atoms with Crippen LogP contribution in [0.15, 0.2) is 156 Å². The van der Waals surface area contributed by atoms with Crippen LogP contribution in [0.25, 0.3) is 83.6 Å². The summed E-state index contributed by atoms with van der Waals surface area (Å²) in [6.45, 7) is 6.72. The minimum absolute atomic E-state index is 0.108. The largest absolute Gasteiger partial charge is 0.507 e. The molecule has 0 aliphatic heterocycles. The molecule has 0 aliphatic carbocycles. The molecule has 9 aromatic rings. The maximum Gasteiger partial charge on any atom is 0.149 e. The molecule has 3 heterocycles. The van der Waals surface area contributed by atoms with E-state index >= 15 is 0 Å². The topological polar surface area (TPSA) is 64.1 Å². The van der Waals surface area contributed by atoms with Crippen molar-refractivity contribution in [2.45, 2.75) is 26.2 Å². The Morgan fingerprint density at radius 3 is 2.14 bits per heavy atom. The number of aromatic nitrogens is 3. The van der Waals surface area contributed by atoms with Crippen LogP contribution in [-0.4, -0.2) is 19.6 Å². The molecule has 6 aromatic carbocycles. The monoisotopic (exact) mass is 661 g/mol. The molecule has 51 heavy (non-hydrogen) atoms. The third-order valence-corrected chi connectivity index (χ3v) is 9.71. The second-order valence-electron chi connectivity index (χ2n) is 14.1. The van der Waals surface area contributed by atoms with Crippen molar-refractivity contribution in [3.8, 4) is 56.3 Å². The number of furan rings is 1. The van der Waals surface area contributed by atoms with E-state index in [0.29, 0.717) is 17.0 Å². The normalized spacial score (nSPS) is 11.9. The van der Waals surface area contributed by atoms with Gasteiger partial charge in [0.15, 0.2) is 0 Å². The van der Waals surface area contributed by atoms with Crippen LogP contribution in [0.5, 0.6) is 5.75 Å². The van der Waals surface area contributed by atoms with E-state index in [2.05, 4.69) is 110 Å². The van der Waals surface area contributed by atoms with Gasteiger partial charge in [-0.1, -0.05) is 106 Å². The summed E-state index contributed by atoms with van der Waals surface area (Å²) in [5.41, 5.74) is 12.2. The van der Waals surface area contributed by atoms with Crippen LogP contribution in [0.2, 0.25) is 0 Å². The van der Waals surface area contributed by atoms with E-state index in [-0.39, 0.29) is 11.2 Å². The van der Waals surface area contributed by atoms with Crippen molar-refractivity contribution in [2.75, 3.05) is 0 Å². The van der Waals surface area contributed by atoms with E-state index in [0.717, 1.165) is 66.6 Å². The van der Waals surface area contributed by atoms with Gasteiger partial charge in [0.1, 0.15) is 22.7 Å². The van der Waals surface area contributed by atoms with Gasteiger partial charge in [-0.25, -0.2) is 4.98 Å². The molecule has 9 rings (SSSR count). The third kappa shape index (κ3) is 5.35. The number of nitrogens with zero attached hydrogens (tertiary/aromatic N) is 3. The van der Waals surface area contributed by atoms with Gasteiger partial charge in [0.25, 0.3) is 0 Å². The quantitative estimate of drug-likeness (QED) is 0.199. The molecule has 0 spiro atoms. The van der Waals surface area contributed by atoms with Crippen molar-refractivity contribution in [3.63, 3.8) is 0 Å². The van der Waals surface area contributed by atoms with E-state index in [1.807, 2.05) is 60.8 Å². The van der Waals surface area contributed by atoms with Crippen LogP contribution in [0.1, 0.15) is 26.3 Å². The second kappa shape index (κ2) is 11.9. The maximum absolute atomic E-state index is 11.5. The van der Waals surface area contributed by atoms with Crippen LogP contribution in [0.3, 0.4) is 0 Å². The van der Waals surface area contributed by atoms with Gasteiger partial charge < -0.3 is 9.52 Å². The molecule has 5 nitrogen and oxygen atoms in total. The number of pyridine rings is 1. The van der Waals surface area contributed by atoms with Crippen LogP contribution < -0.4 is 0 Å². The first-order valence-corrected chi connectivity index (χ1v) is 17.2. The number of fused-ring (bicyclic) bond motifs is 4. The summed E-state index contributed by atoms with van der Waals surface area (Å²) in [5, 5.41) is 13.5. The number of hydrogen-bond acceptors (Lipinski definition) is 4. The molecule has 0 radical (unpaired) electrons. The van der Waals surface area contributed by atoms with E-state index in [4.69, 9.17) is 14.4 Å². The summed E-state index contributed by atoms with van der Waals surface area (Å²) < 4.78 is 8.24. The van der Waals surface area contributed by atoms with Gasteiger partial charge in [-0.15, -0.1) is 0 Å². The van der Waals surface area contributed by atoms with Gasteiger partial charge in [0, 0.05) is 39.8 Å². The summed E-state index contributed by atoms with van der Waals surface area (Å²) >= 11 is 0. The van der Waals surface area contributed by atoms with Crippen molar-refractivity contribution in [1.82, 2.24) is 14.5 Å². The zero-order valence-electron chi connectivity index (χ0n) is 28.6. The lowest BCUT2D eigenvalue weighted by Crippen LogP contribution is -2.11. The first-order chi connectivity index (χ1) is 24.8. The molecule has 0 unspecified atom stereocenters. The van der Waals surface area contributed by atoms with Crippen LogP contribution in [-0.2, 0) is 5.41 Å². The zero-order valence-corrected chi connectivity index (χ0v) is 28.6. The van der Waals surface area contributed by atoms with Crippen LogP contribution in [0, 0.1) is 0 Å². The molecule has 0 saturated heterocycles. The lowest BCUT2D eigenvalue weighted by molar-refractivity contribution is 0.476. The molecule has 0 bridgehead atoms. The first-order valence-electron chi connectivity index (χ1n) is 17.2. The lowest BCUT2D eigenvalue weighted by atomic mass is 9.83. The van der Waals surface area contributed by atoms with Crippen LogP contribution >= 0.6 is 0 Å². The predicted octanol–water partition coefficient (Wildman–Crippen LogP) is 12.0. The Labute approximate surface area is 296 Å². The van der Waals surface area contributed by atoms with E-state index in [9.17, 15) is 5.11 Å². The summed E-state index contributed by atoms with van der Waals surface area (Å²) in [4.78, 5) is 10.2. The summed E-state index contributed by atoms with van der Waals surface area (Å²) in [6.07, 6.45) is 1.89. The fraction of sp³-hybridized carbons (Fsp3) is 0.0870. The first kappa shape index (κ1) is 30.6. The van der Waals surface area contributed by atoms with Gasteiger partial charge >= 0.3 is 0 Å². The zero-order chi connectivity index (χ0) is 34.7. The number of aromatic hydroxyl groups is 1. The van der Waals surface area contributed by atoms with Crippen molar-refractivity contribution >= 4 is 33.0 Å². The van der Waals surface area contributed by atoms with Gasteiger partial charge in [0.05, 0.1) is 22.3 Å². The average Bonchev–Trinajstić information content (AvgIpc) is 3.72. The fourth-order valence-corrected chi connectivity index (χ4v) is 7.05. The number of hydrogen-bond donors (Lipinski definition) is 1. The summed E-state index contributed by atoms with van der Waals surface area (Å²) in [7, 11) is 0. The van der Waals surface area contributed by atoms with E-state index < -0.39 is 0 Å². The minimum atomic E-state index is -0.112. The molecule has 5 heteroatoms.